The van der Waals surface area contributed by atoms with Crippen LogP contribution in [0.3, 0.4) is 0 Å². The molecule has 0 aliphatic rings. The Morgan fingerprint density at radius 1 is 1.23 bits per heavy atom. The van der Waals surface area contributed by atoms with E-state index in [1.54, 1.807) is 7.11 Å². The summed E-state index contributed by atoms with van der Waals surface area (Å²) in [4.78, 5) is 9.27. The molecule has 5 nitrogen and oxygen atoms in total. The van der Waals surface area contributed by atoms with Gasteiger partial charge in [-0.1, -0.05) is 32.9 Å². The third kappa shape index (κ3) is 3.54. The van der Waals surface area contributed by atoms with Crippen LogP contribution in [-0.4, -0.2) is 30.2 Å². The van der Waals surface area contributed by atoms with Crippen molar-refractivity contribution < 1.29 is 4.74 Å². The Kier molecular flexibility index (Phi) is 4.98. The van der Waals surface area contributed by atoms with Crippen LogP contribution in [0, 0.1) is 0 Å². The Morgan fingerprint density at radius 2 is 1.95 bits per heavy atom. The number of hydrogen-bond acceptors (Lipinski definition) is 5. The summed E-state index contributed by atoms with van der Waals surface area (Å²) < 4.78 is 5.41. The fourth-order valence-electron chi connectivity index (χ4n) is 2.25. The number of ether oxygens (including phenoxy) is 1. The summed E-state index contributed by atoms with van der Waals surface area (Å²) >= 11 is 0. The molecule has 1 heterocycles. The number of methoxy groups -OCH3 is 1. The SMILES string of the molecule is COc1ccccc1-c1ncc(NCCN)c(C(C)(C)C)n1. The second-order valence-corrected chi connectivity index (χ2v) is 6.12. The number of nitrogens with zero attached hydrogens (tertiary/aromatic N) is 2. The molecular weight excluding hydrogens is 276 g/mol. The lowest BCUT2D eigenvalue weighted by Gasteiger charge is -2.22. The van der Waals surface area contributed by atoms with Gasteiger partial charge in [0.05, 0.1) is 30.3 Å². The summed E-state index contributed by atoms with van der Waals surface area (Å²) in [7, 11) is 1.65. The number of aromatic nitrogens is 2. The Balaban J connectivity index is 2.51. The van der Waals surface area contributed by atoms with Crippen molar-refractivity contribution in [1.82, 2.24) is 9.97 Å². The van der Waals surface area contributed by atoms with Crippen LogP contribution in [0.2, 0.25) is 0 Å². The van der Waals surface area contributed by atoms with E-state index in [-0.39, 0.29) is 5.41 Å². The maximum atomic E-state index is 5.57. The van der Waals surface area contributed by atoms with Crippen molar-refractivity contribution in [2.75, 3.05) is 25.5 Å². The highest BCUT2D eigenvalue weighted by Gasteiger charge is 2.22. The minimum Gasteiger partial charge on any atom is -0.496 e. The smallest absolute Gasteiger partial charge is 0.163 e. The molecule has 0 radical (unpaired) electrons. The molecule has 0 spiro atoms. The number of rotatable bonds is 5. The van der Waals surface area contributed by atoms with E-state index in [4.69, 9.17) is 15.5 Å². The Hall–Kier alpha value is -2.14. The van der Waals surface area contributed by atoms with Gasteiger partial charge in [-0.2, -0.15) is 0 Å². The molecule has 2 rings (SSSR count). The Morgan fingerprint density at radius 3 is 2.59 bits per heavy atom. The summed E-state index contributed by atoms with van der Waals surface area (Å²) in [5.74, 6) is 1.44. The second kappa shape index (κ2) is 6.75. The third-order valence-corrected chi connectivity index (χ3v) is 3.31. The minimum atomic E-state index is -0.101. The molecule has 0 fully saturated rings. The van der Waals surface area contributed by atoms with E-state index in [0.29, 0.717) is 18.9 Å². The number of benzene rings is 1. The van der Waals surface area contributed by atoms with Crippen molar-refractivity contribution in [2.24, 2.45) is 5.73 Å². The van der Waals surface area contributed by atoms with Gasteiger partial charge >= 0.3 is 0 Å². The zero-order chi connectivity index (χ0) is 16.2. The zero-order valence-corrected chi connectivity index (χ0v) is 13.7. The molecule has 0 saturated heterocycles. The number of anilines is 1. The van der Waals surface area contributed by atoms with Crippen LogP contribution in [0.5, 0.6) is 5.75 Å². The first kappa shape index (κ1) is 16.2. The molecule has 0 aliphatic carbocycles. The van der Waals surface area contributed by atoms with Gasteiger partial charge in [0.1, 0.15) is 5.75 Å². The molecule has 0 unspecified atom stereocenters. The number of para-hydroxylation sites is 1. The van der Waals surface area contributed by atoms with E-state index in [9.17, 15) is 0 Å². The molecule has 0 aliphatic heterocycles. The molecule has 3 N–H and O–H groups in total. The zero-order valence-electron chi connectivity index (χ0n) is 13.7. The van der Waals surface area contributed by atoms with E-state index in [0.717, 1.165) is 22.7 Å². The van der Waals surface area contributed by atoms with Gasteiger partial charge in [0, 0.05) is 18.5 Å². The van der Waals surface area contributed by atoms with Crippen LogP contribution in [0.15, 0.2) is 30.5 Å². The van der Waals surface area contributed by atoms with Gasteiger partial charge in [-0.15, -0.1) is 0 Å². The van der Waals surface area contributed by atoms with Crippen LogP contribution in [0.25, 0.3) is 11.4 Å². The normalized spacial score (nSPS) is 11.3. The van der Waals surface area contributed by atoms with Gasteiger partial charge < -0.3 is 15.8 Å². The summed E-state index contributed by atoms with van der Waals surface area (Å²) in [5, 5.41) is 3.30. The Labute approximate surface area is 131 Å². The van der Waals surface area contributed by atoms with Gasteiger partial charge in [0.25, 0.3) is 0 Å². The molecule has 5 heteroatoms. The van der Waals surface area contributed by atoms with Crippen molar-refractivity contribution in [3.63, 3.8) is 0 Å². The molecule has 22 heavy (non-hydrogen) atoms. The van der Waals surface area contributed by atoms with Crippen molar-refractivity contribution in [2.45, 2.75) is 26.2 Å². The molecule has 0 amide bonds. The van der Waals surface area contributed by atoms with Crippen molar-refractivity contribution in [3.05, 3.63) is 36.2 Å². The number of nitrogens with two attached hydrogens (primary N) is 1. The highest BCUT2D eigenvalue weighted by Crippen LogP contribution is 2.32. The van der Waals surface area contributed by atoms with E-state index < -0.39 is 0 Å². The molecule has 118 valence electrons. The maximum Gasteiger partial charge on any atom is 0.163 e. The van der Waals surface area contributed by atoms with Crippen LogP contribution >= 0.6 is 0 Å². The first-order chi connectivity index (χ1) is 10.5. The standard InChI is InChI=1S/C17H24N4O/c1-17(2,3)15-13(19-10-9-18)11-20-16(21-15)12-7-5-6-8-14(12)22-4/h5-8,11,19H,9-10,18H2,1-4H3. The fourth-order valence-corrected chi connectivity index (χ4v) is 2.25. The summed E-state index contributed by atoms with van der Waals surface area (Å²) in [5.41, 5.74) is 8.26. The fraction of sp³-hybridized carbons (Fsp3) is 0.412. The quantitative estimate of drug-likeness (QED) is 0.888. The van der Waals surface area contributed by atoms with Gasteiger partial charge in [0.15, 0.2) is 5.82 Å². The summed E-state index contributed by atoms with van der Waals surface area (Å²) in [6.07, 6.45) is 1.82. The van der Waals surface area contributed by atoms with Crippen LogP contribution in [0.4, 0.5) is 5.69 Å². The van der Waals surface area contributed by atoms with E-state index in [1.807, 2.05) is 30.5 Å². The van der Waals surface area contributed by atoms with E-state index in [1.165, 1.54) is 0 Å². The lowest BCUT2D eigenvalue weighted by atomic mass is 9.90. The van der Waals surface area contributed by atoms with Crippen molar-refractivity contribution in [1.29, 1.82) is 0 Å². The van der Waals surface area contributed by atoms with Gasteiger partial charge in [-0.05, 0) is 12.1 Å². The Bertz CT molecular complexity index is 635. The van der Waals surface area contributed by atoms with Crippen LogP contribution in [0.1, 0.15) is 26.5 Å². The average molecular weight is 300 g/mol. The average Bonchev–Trinajstić information content (AvgIpc) is 2.52. The maximum absolute atomic E-state index is 5.57. The predicted molar refractivity (Wildman–Crippen MR) is 90.3 cm³/mol. The van der Waals surface area contributed by atoms with Crippen LogP contribution in [-0.2, 0) is 5.41 Å². The molecule has 0 saturated carbocycles. The highest BCUT2D eigenvalue weighted by molar-refractivity contribution is 5.65. The molecule has 2 aromatic rings. The monoisotopic (exact) mass is 300 g/mol. The molecular formula is C17H24N4O. The topological polar surface area (TPSA) is 73.1 Å². The lowest BCUT2D eigenvalue weighted by Crippen LogP contribution is -2.21. The van der Waals surface area contributed by atoms with Gasteiger partial charge in [-0.3, -0.25) is 0 Å². The minimum absolute atomic E-state index is 0.101. The van der Waals surface area contributed by atoms with E-state index >= 15 is 0 Å². The summed E-state index contributed by atoms with van der Waals surface area (Å²) in [6, 6.07) is 7.77. The van der Waals surface area contributed by atoms with Crippen LogP contribution < -0.4 is 15.8 Å². The number of hydrogen-bond donors (Lipinski definition) is 2. The summed E-state index contributed by atoms with van der Waals surface area (Å²) in [6.45, 7) is 7.66. The van der Waals surface area contributed by atoms with E-state index in [2.05, 4.69) is 31.1 Å². The molecule has 0 atom stereocenters. The first-order valence-corrected chi connectivity index (χ1v) is 7.42. The second-order valence-electron chi connectivity index (χ2n) is 6.12. The van der Waals surface area contributed by atoms with Gasteiger partial charge in [-0.25, -0.2) is 9.97 Å². The molecule has 0 bridgehead atoms. The predicted octanol–water partition coefficient (Wildman–Crippen LogP) is 2.82. The first-order valence-electron chi connectivity index (χ1n) is 7.42. The third-order valence-electron chi connectivity index (χ3n) is 3.31. The van der Waals surface area contributed by atoms with Gasteiger partial charge in [0.2, 0.25) is 0 Å². The largest absolute Gasteiger partial charge is 0.496 e. The number of nitrogens with one attached hydrogen (secondary N) is 1. The van der Waals surface area contributed by atoms with Crippen molar-refractivity contribution in [3.8, 4) is 17.1 Å². The highest BCUT2D eigenvalue weighted by atomic mass is 16.5. The lowest BCUT2D eigenvalue weighted by molar-refractivity contribution is 0.416. The molecule has 1 aromatic heterocycles. The van der Waals surface area contributed by atoms with Crippen molar-refractivity contribution >= 4 is 5.69 Å². The molecule has 1 aromatic carbocycles.